The molecule has 0 unspecified atom stereocenters. The van der Waals surface area contributed by atoms with Crippen LogP contribution in [0.2, 0.25) is 5.02 Å². The van der Waals surface area contributed by atoms with Crippen LogP contribution in [0, 0.1) is 5.41 Å². The van der Waals surface area contributed by atoms with E-state index in [1.165, 1.54) is 0 Å². The van der Waals surface area contributed by atoms with Crippen LogP contribution in [0.15, 0.2) is 60.2 Å². The van der Waals surface area contributed by atoms with E-state index in [9.17, 15) is 9.90 Å². The predicted octanol–water partition coefficient (Wildman–Crippen LogP) is 6.51. The summed E-state index contributed by atoms with van der Waals surface area (Å²) >= 11 is 6.23. The molecule has 3 aromatic carbocycles. The summed E-state index contributed by atoms with van der Waals surface area (Å²) in [6, 6.07) is 17.0. The lowest BCUT2D eigenvalue weighted by atomic mass is 9.68. The van der Waals surface area contributed by atoms with E-state index in [-0.39, 0.29) is 16.9 Å². The van der Waals surface area contributed by atoms with Gasteiger partial charge in [-0.2, -0.15) is 0 Å². The van der Waals surface area contributed by atoms with Crippen molar-refractivity contribution >= 4 is 39.4 Å². The monoisotopic (exact) mass is 403 g/mol. The molecule has 0 radical (unpaired) electrons. The molecule has 5 rings (SSSR count). The first-order valence-electron chi connectivity index (χ1n) is 9.87. The molecule has 1 aliphatic carbocycles. The van der Waals surface area contributed by atoms with E-state index < -0.39 is 6.04 Å². The summed E-state index contributed by atoms with van der Waals surface area (Å²) in [4.78, 5) is 13.4. The van der Waals surface area contributed by atoms with Crippen LogP contribution in [0.1, 0.15) is 43.9 Å². The minimum absolute atomic E-state index is 0.109. The summed E-state index contributed by atoms with van der Waals surface area (Å²) in [6.45, 7) is 4.29. The van der Waals surface area contributed by atoms with Crippen LogP contribution in [-0.4, -0.2) is 10.9 Å². The number of ketones is 1. The molecular weight excluding hydrogens is 382 g/mol. The molecule has 3 nitrogen and oxygen atoms in total. The number of hydrogen-bond acceptors (Lipinski definition) is 3. The average Bonchev–Trinajstić information content (AvgIpc) is 2.67. The molecule has 146 valence electrons. The molecule has 0 bridgehead atoms. The molecule has 0 spiro atoms. The Hall–Kier alpha value is -2.78. The highest BCUT2D eigenvalue weighted by atomic mass is 35.5. The van der Waals surface area contributed by atoms with E-state index in [0.29, 0.717) is 17.0 Å². The first kappa shape index (κ1) is 18.3. The van der Waals surface area contributed by atoms with Crippen molar-refractivity contribution in [1.82, 2.24) is 0 Å². The number of nitrogens with one attached hydrogen (secondary N) is 1. The van der Waals surface area contributed by atoms with Gasteiger partial charge in [-0.05, 0) is 52.4 Å². The van der Waals surface area contributed by atoms with Gasteiger partial charge in [0, 0.05) is 33.8 Å². The summed E-state index contributed by atoms with van der Waals surface area (Å²) in [5.41, 5.74) is 4.46. The summed E-state index contributed by atoms with van der Waals surface area (Å²) in [5.74, 6) is 0.271. The maximum absolute atomic E-state index is 13.4. The number of anilines is 1. The van der Waals surface area contributed by atoms with Crippen molar-refractivity contribution in [2.45, 2.75) is 32.7 Å². The average molecular weight is 404 g/mol. The maximum Gasteiger partial charge on any atom is 0.162 e. The van der Waals surface area contributed by atoms with Crippen molar-refractivity contribution in [2.24, 2.45) is 5.41 Å². The van der Waals surface area contributed by atoms with Gasteiger partial charge in [0.2, 0.25) is 0 Å². The van der Waals surface area contributed by atoms with Gasteiger partial charge in [0.1, 0.15) is 5.75 Å². The minimum Gasteiger partial charge on any atom is -0.508 e. The number of allylic oxidation sites excluding steroid dienone is 1. The standard InChI is InChI=1S/C25H22ClNO2/c1-25(2)12-18-22-16-6-4-3-5-14(16)7-9-19(22)27-24(23(18)21(29)13-25)17-11-15(26)8-10-20(17)28/h3-11,24,27-28H,12-13H2,1-2H3/t24-/m1/s1. The molecule has 1 heterocycles. The van der Waals surface area contributed by atoms with Gasteiger partial charge < -0.3 is 10.4 Å². The van der Waals surface area contributed by atoms with Gasteiger partial charge >= 0.3 is 0 Å². The molecule has 0 saturated heterocycles. The zero-order chi connectivity index (χ0) is 20.3. The summed E-state index contributed by atoms with van der Waals surface area (Å²) in [6.07, 6.45) is 1.31. The fraction of sp³-hybridized carbons (Fsp3) is 0.240. The number of benzene rings is 3. The van der Waals surface area contributed by atoms with Crippen molar-refractivity contribution < 1.29 is 9.90 Å². The van der Waals surface area contributed by atoms with Crippen LogP contribution in [0.3, 0.4) is 0 Å². The Morgan fingerprint density at radius 2 is 1.86 bits per heavy atom. The van der Waals surface area contributed by atoms with Crippen molar-refractivity contribution in [1.29, 1.82) is 0 Å². The molecule has 29 heavy (non-hydrogen) atoms. The molecule has 1 aliphatic heterocycles. The van der Waals surface area contributed by atoms with Gasteiger partial charge in [0.25, 0.3) is 0 Å². The number of aromatic hydroxyl groups is 1. The molecule has 0 saturated carbocycles. The normalized spacial score (nSPS) is 20.2. The van der Waals surface area contributed by atoms with Crippen molar-refractivity contribution in [3.05, 3.63) is 76.3 Å². The Balaban J connectivity index is 1.82. The second-order valence-electron chi connectivity index (χ2n) is 8.82. The second kappa shape index (κ2) is 6.36. The van der Waals surface area contributed by atoms with Crippen LogP contribution < -0.4 is 5.32 Å². The number of carbonyl (C=O) groups is 1. The number of hydrogen-bond donors (Lipinski definition) is 2. The summed E-state index contributed by atoms with van der Waals surface area (Å²) < 4.78 is 0. The maximum atomic E-state index is 13.4. The first-order chi connectivity index (χ1) is 13.8. The zero-order valence-electron chi connectivity index (χ0n) is 16.4. The largest absolute Gasteiger partial charge is 0.508 e. The van der Waals surface area contributed by atoms with E-state index in [4.69, 9.17) is 11.6 Å². The van der Waals surface area contributed by atoms with E-state index in [0.717, 1.165) is 39.6 Å². The third-order valence-electron chi connectivity index (χ3n) is 6.04. The first-order valence-corrected chi connectivity index (χ1v) is 10.3. The highest BCUT2D eigenvalue weighted by Crippen LogP contribution is 2.52. The molecule has 4 heteroatoms. The highest BCUT2D eigenvalue weighted by molar-refractivity contribution is 6.30. The lowest BCUT2D eigenvalue weighted by Gasteiger charge is -2.40. The number of halogens is 1. The summed E-state index contributed by atoms with van der Waals surface area (Å²) in [7, 11) is 0. The molecular formula is C25H22ClNO2. The van der Waals surface area contributed by atoms with Crippen molar-refractivity contribution in [2.75, 3.05) is 5.32 Å². The van der Waals surface area contributed by atoms with E-state index in [1.54, 1.807) is 18.2 Å². The highest BCUT2D eigenvalue weighted by Gasteiger charge is 2.41. The van der Waals surface area contributed by atoms with Gasteiger partial charge in [-0.3, -0.25) is 4.79 Å². The lowest BCUT2D eigenvalue weighted by Crippen LogP contribution is -2.33. The molecule has 0 aromatic heterocycles. The van der Waals surface area contributed by atoms with E-state index in [1.807, 2.05) is 12.1 Å². The van der Waals surface area contributed by atoms with Crippen LogP contribution in [0.25, 0.3) is 16.3 Å². The number of fused-ring (bicyclic) bond motifs is 4. The fourth-order valence-corrected chi connectivity index (χ4v) is 5.01. The van der Waals surface area contributed by atoms with Crippen LogP contribution >= 0.6 is 11.6 Å². The Morgan fingerprint density at radius 1 is 1.07 bits per heavy atom. The quantitative estimate of drug-likeness (QED) is 0.487. The predicted molar refractivity (Wildman–Crippen MR) is 118 cm³/mol. The van der Waals surface area contributed by atoms with Gasteiger partial charge in [-0.1, -0.05) is 55.8 Å². The van der Waals surface area contributed by atoms with Crippen LogP contribution in [0.5, 0.6) is 5.75 Å². The Kier molecular flexibility index (Phi) is 4.01. The Labute approximate surface area is 175 Å². The summed E-state index contributed by atoms with van der Waals surface area (Å²) in [5, 5.41) is 16.9. The fourth-order valence-electron chi connectivity index (χ4n) is 4.83. The third kappa shape index (κ3) is 2.92. The number of phenolic OH excluding ortho intramolecular Hbond substituents is 1. The smallest absolute Gasteiger partial charge is 0.162 e. The number of Topliss-reactive ketones (excluding diaryl/α,β-unsaturated/α-hetero) is 1. The number of carbonyl (C=O) groups excluding carboxylic acids is 1. The van der Waals surface area contributed by atoms with Crippen LogP contribution in [-0.2, 0) is 4.79 Å². The number of rotatable bonds is 1. The molecule has 0 fully saturated rings. The van der Waals surface area contributed by atoms with E-state index in [2.05, 4.69) is 43.4 Å². The molecule has 2 N–H and O–H groups in total. The number of phenols is 1. The molecule has 3 aromatic rings. The van der Waals surface area contributed by atoms with E-state index >= 15 is 0 Å². The topological polar surface area (TPSA) is 49.3 Å². The van der Waals surface area contributed by atoms with Crippen molar-refractivity contribution in [3.8, 4) is 5.75 Å². The Bertz CT molecular complexity index is 1210. The SMILES string of the molecule is CC1(C)CC(=O)C2=C(C1)c1c(ccc3ccccc13)N[C@@H]2c1cc(Cl)ccc1O. The van der Waals surface area contributed by atoms with Gasteiger partial charge in [-0.25, -0.2) is 0 Å². The molecule has 0 amide bonds. The zero-order valence-corrected chi connectivity index (χ0v) is 17.2. The molecule has 2 aliphatic rings. The lowest BCUT2D eigenvalue weighted by molar-refractivity contribution is -0.118. The minimum atomic E-state index is -0.416. The van der Waals surface area contributed by atoms with Crippen LogP contribution in [0.4, 0.5) is 5.69 Å². The molecule has 1 atom stereocenters. The third-order valence-corrected chi connectivity index (χ3v) is 6.27. The van der Waals surface area contributed by atoms with Gasteiger partial charge in [-0.15, -0.1) is 0 Å². The van der Waals surface area contributed by atoms with Gasteiger partial charge in [0.05, 0.1) is 6.04 Å². The second-order valence-corrected chi connectivity index (χ2v) is 9.26. The van der Waals surface area contributed by atoms with Gasteiger partial charge in [0.15, 0.2) is 5.78 Å². The Morgan fingerprint density at radius 3 is 2.69 bits per heavy atom. The van der Waals surface area contributed by atoms with Crippen molar-refractivity contribution in [3.63, 3.8) is 0 Å².